The molecule has 9 nitrogen and oxygen atoms in total. The average molecular weight is 681 g/mol. The Morgan fingerprint density at radius 1 is 0.275 bits per heavy atom. The second-order valence-electron chi connectivity index (χ2n) is 13.9. The van der Waals surface area contributed by atoms with Crippen LogP contribution in [0.25, 0.3) is 0 Å². The van der Waals surface area contributed by atoms with E-state index in [1.54, 1.807) is 66.7 Å². The number of benzene rings is 6. The van der Waals surface area contributed by atoms with Gasteiger partial charge in [0.15, 0.2) is 0 Å². The summed E-state index contributed by atoms with van der Waals surface area (Å²) in [7, 11) is 0. The van der Waals surface area contributed by atoms with E-state index in [1.165, 1.54) is 30.3 Å². The first-order chi connectivity index (χ1) is 24.5. The van der Waals surface area contributed by atoms with Crippen LogP contribution in [0.15, 0.2) is 103 Å². The highest BCUT2D eigenvalue weighted by molar-refractivity contribution is 5.74. The zero-order valence-corrected chi connectivity index (χ0v) is 26.8. The third kappa shape index (κ3) is 4.40. The second kappa shape index (κ2) is 10.8. The van der Waals surface area contributed by atoms with Gasteiger partial charge in [-0.15, -0.1) is 0 Å². The van der Waals surface area contributed by atoms with E-state index in [0.29, 0.717) is 38.9 Å². The van der Waals surface area contributed by atoms with Gasteiger partial charge < -0.3 is 46.0 Å². The maximum Gasteiger partial charge on any atom is 0.123 e. The lowest BCUT2D eigenvalue weighted by Gasteiger charge is -2.36. The molecule has 9 N–H and O–H groups in total. The predicted octanol–water partition coefficient (Wildman–Crippen LogP) is 7.47. The Morgan fingerprint density at radius 3 is 1.45 bits per heavy atom. The fourth-order valence-corrected chi connectivity index (χ4v) is 9.55. The molecule has 0 amide bonds. The van der Waals surface area contributed by atoms with Crippen LogP contribution in [-0.4, -0.2) is 46.0 Å². The molecule has 9 rings (SSSR count). The Kier molecular flexibility index (Phi) is 6.45. The molecule has 0 unspecified atom stereocenters. The Morgan fingerprint density at radius 2 is 0.804 bits per heavy atom. The van der Waals surface area contributed by atoms with Crippen molar-refractivity contribution in [3.63, 3.8) is 0 Å². The van der Waals surface area contributed by atoms with Crippen molar-refractivity contribution >= 4 is 0 Å². The summed E-state index contributed by atoms with van der Waals surface area (Å²) in [5.74, 6) is -5.11. The van der Waals surface area contributed by atoms with Crippen molar-refractivity contribution < 1.29 is 46.0 Å². The largest absolute Gasteiger partial charge is 0.508 e. The van der Waals surface area contributed by atoms with Crippen LogP contribution >= 0.6 is 0 Å². The van der Waals surface area contributed by atoms with Crippen LogP contribution in [0.2, 0.25) is 0 Å². The quantitative estimate of drug-likeness (QED) is 0.0916. The maximum atomic E-state index is 12.1. The Hall–Kier alpha value is -6.48. The van der Waals surface area contributed by atoms with Gasteiger partial charge >= 0.3 is 0 Å². The van der Waals surface area contributed by atoms with Crippen LogP contribution in [-0.2, 0) is 0 Å². The topological polar surface area (TPSA) is 182 Å². The van der Waals surface area contributed by atoms with E-state index in [4.69, 9.17) is 0 Å². The predicted molar refractivity (Wildman–Crippen MR) is 186 cm³/mol. The minimum absolute atomic E-state index is 0.000846. The van der Waals surface area contributed by atoms with Gasteiger partial charge in [-0.2, -0.15) is 0 Å². The van der Waals surface area contributed by atoms with E-state index in [1.807, 2.05) is 6.07 Å². The highest BCUT2D eigenvalue weighted by atomic mass is 16.3. The summed E-state index contributed by atoms with van der Waals surface area (Å²) in [6.45, 7) is 0. The molecular weight excluding hydrogens is 648 g/mol. The first kappa shape index (κ1) is 30.6. The zero-order valence-electron chi connectivity index (χ0n) is 26.8. The van der Waals surface area contributed by atoms with Crippen LogP contribution in [0, 0.1) is 0 Å². The lowest BCUT2D eigenvalue weighted by atomic mass is 9.66. The van der Waals surface area contributed by atoms with Gasteiger partial charge in [0.2, 0.25) is 0 Å². The first-order valence-electron chi connectivity index (χ1n) is 16.6. The molecule has 0 radical (unpaired) electrons. The van der Waals surface area contributed by atoms with Gasteiger partial charge in [-0.25, -0.2) is 0 Å². The fraction of sp³-hybridized carbons (Fsp3) is 0.143. The van der Waals surface area contributed by atoms with Crippen molar-refractivity contribution in [1.82, 2.24) is 0 Å². The molecule has 2 bridgehead atoms. The monoisotopic (exact) mass is 680 g/mol. The molecule has 51 heavy (non-hydrogen) atoms. The molecule has 0 aliphatic heterocycles. The van der Waals surface area contributed by atoms with Gasteiger partial charge in [-0.05, 0) is 93.5 Å². The lowest BCUT2D eigenvalue weighted by molar-refractivity contribution is 0.427. The van der Waals surface area contributed by atoms with Gasteiger partial charge in [0.1, 0.15) is 51.7 Å². The molecule has 0 spiro atoms. The van der Waals surface area contributed by atoms with Gasteiger partial charge in [-0.3, -0.25) is 0 Å². The van der Waals surface area contributed by atoms with Crippen LogP contribution in [0.4, 0.5) is 0 Å². The molecule has 254 valence electrons. The number of phenolic OH excluding ortho intramolecular Hbond substituents is 9. The van der Waals surface area contributed by atoms with Crippen LogP contribution < -0.4 is 0 Å². The van der Waals surface area contributed by atoms with Crippen molar-refractivity contribution in [3.8, 4) is 51.7 Å². The van der Waals surface area contributed by atoms with Crippen LogP contribution in [0.5, 0.6) is 51.7 Å². The summed E-state index contributed by atoms with van der Waals surface area (Å²) >= 11 is 0. The van der Waals surface area contributed by atoms with Gasteiger partial charge in [0.25, 0.3) is 0 Å². The Balaban J connectivity index is 1.48. The van der Waals surface area contributed by atoms with E-state index in [0.717, 1.165) is 16.7 Å². The number of phenols is 9. The molecule has 6 aromatic rings. The number of aromatic hydroxyl groups is 9. The highest BCUT2D eigenvalue weighted by Gasteiger charge is 2.56. The molecule has 0 saturated carbocycles. The van der Waals surface area contributed by atoms with Crippen molar-refractivity contribution in [2.45, 2.75) is 35.5 Å². The first-order valence-corrected chi connectivity index (χ1v) is 16.6. The highest BCUT2D eigenvalue weighted by Crippen LogP contribution is 2.71. The second-order valence-corrected chi connectivity index (χ2v) is 13.9. The summed E-state index contributed by atoms with van der Waals surface area (Å²) in [5, 5.41) is 100.0. The molecule has 0 aromatic heterocycles. The number of fused-ring (bicyclic) bond motifs is 4. The van der Waals surface area contributed by atoms with E-state index in [9.17, 15) is 46.0 Å². The minimum Gasteiger partial charge on any atom is -0.508 e. The molecule has 0 saturated heterocycles. The maximum absolute atomic E-state index is 12.1. The van der Waals surface area contributed by atoms with E-state index in [2.05, 4.69) is 0 Å². The van der Waals surface area contributed by atoms with Gasteiger partial charge in [-0.1, -0.05) is 30.3 Å². The van der Waals surface area contributed by atoms with Crippen molar-refractivity contribution in [2.75, 3.05) is 0 Å². The molecule has 3 aliphatic carbocycles. The van der Waals surface area contributed by atoms with Crippen LogP contribution in [0.3, 0.4) is 0 Å². The molecule has 3 aliphatic rings. The smallest absolute Gasteiger partial charge is 0.123 e. The van der Waals surface area contributed by atoms with E-state index in [-0.39, 0.29) is 51.7 Å². The molecule has 0 fully saturated rings. The van der Waals surface area contributed by atoms with Crippen molar-refractivity contribution in [2.24, 2.45) is 0 Å². The average Bonchev–Trinajstić information content (AvgIpc) is 3.29. The van der Waals surface area contributed by atoms with Crippen LogP contribution in [0.1, 0.15) is 91.1 Å². The molecule has 6 atom stereocenters. The molecule has 0 heterocycles. The Bertz CT molecular complexity index is 2380. The molecule has 6 aromatic carbocycles. The fourth-order valence-electron chi connectivity index (χ4n) is 9.55. The number of hydrogen-bond acceptors (Lipinski definition) is 9. The third-order valence-corrected chi connectivity index (χ3v) is 11.2. The SMILES string of the molecule is Oc1ccc([C@H]2c3cc(O)ccc3[C@@H]3c4c(O)cc(O)cc4[C@H]2c2c(O)cc(O)c4c2[C@H]3[C@@H](c2ccc(O)cc2)[C@@H]4c2cc(O)cc(O)c2)cc1. The van der Waals surface area contributed by atoms with E-state index >= 15 is 0 Å². The number of rotatable bonds is 3. The standard InChI is InChI=1S/C42H32O9/c43-21-5-1-18(2-6-21)33-28-14-23(45)9-10-27(28)37-36-29(15-26(48)16-30(36)49)38(33)40-32(51)17-31(50)39-35(20-11-24(46)13-25(47)12-20)34(41(37)42(39)40)19-3-7-22(44)8-4-19/h1-17,33-35,37-38,41,43-51H/t33-,34-,35-,37+,38+,41-/m0/s1. The summed E-state index contributed by atoms with van der Waals surface area (Å²) < 4.78 is 0. The third-order valence-electron chi connectivity index (χ3n) is 11.2. The number of hydrogen-bond donors (Lipinski definition) is 9. The lowest BCUT2D eigenvalue weighted by Crippen LogP contribution is -2.22. The summed E-state index contributed by atoms with van der Waals surface area (Å²) in [6, 6.07) is 26.8. The van der Waals surface area contributed by atoms with Gasteiger partial charge in [0.05, 0.1) is 0 Å². The summed E-state index contributed by atoms with van der Waals surface area (Å²) in [5.41, 5.74) is 5.99. The summed E-state index contributed by atoms with van der Waals surface area (Å²) in [6.07, 6.45) is 0. The van der Waals surface area contributed by atoms with E-state index < -0.39 is 35.5 Å². The minimum atomic E-state index is -0.802. The molecule has 9 heteroatoms. The van der Waals surface area contributed by atoms with Gasteiger partial charge in [0, 0.05) is 70.4 Å². The Labute approximate surface area is 291 Å². The molecular formula is C42H32O9. The van der Waals surface area contributed by atoms with Crippen molar-refractivity contribution in [3.05, 3.63) is 159 Å². The zero-order chi connectivity index (χ0) is 35.5. The van der Waals surface area contributed by atoms with Crippen molar-refractivity contribution in [1.29, 1.82) is 0 Å². The normalized spacial score (nSPS) is 22.4. The summed E-state index contributed by atoms with van der Waals surface area (Å²) in [4.78, 5) is 0.